The molecule has 6 heteroatoms. The topological polar surface area (TPSA) is 89.7 Å². The van der Waals surface area contributed by atoms with E-state index in [1.807, 2.05) is 6.92 Å². The highest BCUT2D eigenvalue weighted by Gasteiger charge is 2.18. The first-order chi connectivity index (χ1) is 9.60. The number of hydrogen-bond donors (Lipinski definition) is 1. The van der Waals surface area contributed by atoms with Crippen LogP contribution in [0.3, 0.4) is 0 Å². The molecule has 0 aliphatic carbocycles. The van der Waals surface area contributed by atoms with E-state index in [1.165, 1.54) is 12.2 Å². The summed E-state index contributed by atoms with van der Waals surface area (Å²) in [4.78, 5) is 21.9. The third-order valence-electron chi connectivity index (χ3n) is 2.58. The number of rotatable bonds is 7. The number of ether oxygens (including phenoxy) is 1. The Morgan fingerprint density at radius 2 is 2.25 bits per heavy atom. The average molecular weight is 279 g/mol. The Balaban J connectivity index is 2.97. The van der Waals surface area contributed by atoms with Crippen molar-refractivity contribution in [3.05, 3.63) is 45.5 Å². The number of carbonyl (C=O) groups excluding carboxylic acids is 1. The SMILES string of the molecule is CCCC(=O)OCc1cccc(/C=C/CO)c1[N+](=O)[O-]. The Morgan fingerprint density at radius 3 is 2.85 bits per heavy atom. The highest BCUT2D eigenvalue weighted by atomic mass is 16.6. The van der Waals surface area contributed by atoms with Gasteiger partial charge in [0.2, 0.25) is 0 Å². The Kier molecular flexibility index (Phi) is 6.39. The number of para-hydroxylation sites is 1. The summed E-state index contributed by atoms with van der Waals surface area (Å²) in [7, 11) is 0. The minimum absolute atomic E-state index is 0.110. The predicted octanol–water partition coefficient (Wildman–Crippen LogP) is 2.44. The van der Waals surface area contributed by atoms with E-state index in [9.17, 15) is 14.9 Å². The molecular formula is C14H17NO5. The molecule has 0 aliphatic heterocycles. The quantitative estimate of drug-likeness (QED) is 0.470. The molecular weight excluding hydrogens is 262 g/mol. The molecule has 0 radical (unpaired) electrons. The van der Waals surface area contributed by atoms with Crippen molar-refractivity contribution in [3.8, 4) is 0 Å². The van der Waals surface area contributed by atoms with Crippen LogP contribution < -0.4 is 0 Å². The van der Waals surface area contributed by atoms with Gasteiger partial charge < -0.3 is 9.84 Å². The molecule has 0 unspecified atom stereocenters. The van der Waals surface area contributed by atoms with Crippen molar-refractivity contribution in [3.63, 3.8) is 0 Å². The fourth-order valence-corrected chi connectivity index (χ4v) is 1.70. The van der Waals surface area contributed by atoms with Crippen LogP contribution in [0.5, 0.6) is 0 Å². The standard InChI is InChI=1S/C14H17NO5/c1-2-5-13(17)20-10-12-7-3-6-11(8-4-9-16)14(12)15(18)19/h3-4,6-8,16H,2,5,9-10H2,1H3/b8-4+. The largest absolute Gasteiger partial charge is 0.461 e. The molecule has 1 aromatic carbocycles. The lowest BCUT2D eigenvalue weighted by molar-refractivity contribution is -0.386. The fourth-order valence-electron chi connectivity index (χ4n) is 1.70. The van der Waals surface area contributed by atoms with Crippen LogP contribution in [0, 0.1) is 10.1 Å². The first-order valence-electron chi connectivity index (χ1n) is 6.29. The van der Waals surface area contributed by atoms with E-state index in [0.717, 1.165) is 0 Å². The molecule has 0 fully saturated rings. The van der Waals surface area contributed by atoms with Crippen LogP contribution in [0.25, 0.3) is 6.08 Å². The molecule has 0 spiro atoms. The van der Waals surface area contributed by atoms with Crippen molar-refractivity contribution in [2.24, 2.45) is 0 Å². The summed E-state index contributed by atoms with van der Waals surface area (Å²) in [5.74, 6) is -0.377. The van der Waals surface area contributed by atoms with E-state index in [4.69, 9.17) is 9.84 Å². The van der Waals surface area contributed by atoms with Crippen molar-refractivity contribution >= 4 is 17.7 Å². The second kappa shape index (κ2) is 8.06. The number of esters is 1. The van der Waals surface area contributed by atoms with E-state index in [1.54, 1.807) is 18.2 Å². The van der Waals surface area contributed by atoms with Crippen LogP contribution in [0.15, 0.2) is 24.3 Å². The van der Waals surface area contributed by atoms with E-state index < -0.39 is 4.92 Å². The smallest absolute Gasteiger partial charge is 0.306 e. The number of aliphatic hydroxyl groups excluding tert-OH is 1. The van der Waals surface area contributed by atoms with Gasteiger partial charge in [-0.25, -0.2) is 0 Å². The van der Waals surface area contributed by atoms with Crippen molar-refractivity contribution in [2.45, 2.75) is 26.4 Å². The zero-order valence-corrected chi connectivity index (χ0v) is 11.2. The molecule has 0 bridgehead atoms. The molecule has 0 aromatic heterocycles. The Bertz CT molecular complexity index is 510. The summed E-state index contributed by atoms with van der Waals surface area (Å²) in [5.41, 5.74) is 0.592. The Morgan fingerprint density at radius 1 is 1.50 bits per heavy atom. The molecule has 1 aromatic rings. The normalized spacial score (nSPS) is 10.7. The molecule has 108 valence electrons. The predicted molar refractivity (Wildman–Crippen MR) is 73.9 cm³/mol. The molecule has 0 heterocycles. The summed E-state index contributed by atoms with van der Waals surface area (Å²) in [6.45, 7) is 1.52. The highest BCUT2D eigenvalue weighted by Crippen LogP contribution is 2.25. The summed E-state index contributed by atoms with van der Waals surface area (Å²) in [5, 5.41) is 19.9. The number of carbonyl (C=O) groups is 1. The van der Waals surface area contributed by atoms with E-state index in [2.05, 4.69) is 0 Å². The number of aliphatic hydroxyl groups is 1. The van der Waals surface area contributed by atoms with Crippen LogP contribution >= 0.6 is 0 Å². The van der Waals surface area contributed by atoms with Gasteiger partial charge in [0.1, 0.15) is 6.61 Å². The summed E-state index contributed by atoms with van der Waals surface area (Å²) < 4.78 is 5.00. The zero-order valence-electron chi connectivity index (χ0n) is 11.2. The van der Waals surface area contributed by atoms with Gasteiger partial charge in [-0.3, -0.25) is 14.9 Å². The number of nitro groups is 1. The Labute approximate surface area is 116 Å². The monoisotopic (exact) mass is 279 g/mol. The van der Waals surface area contributed by atoms with Crippen molar-refractivity contribution in [1.29, 1.82) is 0 Å². The summed E-state index contributed by atoms with van der Waals surface area (Å²) in [6, 6.07) is 4.77. The van der Waals surface area contributed by atoms with Gasteiger partial charge >= 0.3 is 5.97 Å². The summed E-state index contributed by atoms with van der Waals surface area (Å²) in [6.07, 6.45) is 3.84. The number of hydrogen-bond acceptors (Lipinski definition) is 5. The Hall–Kier alpha value is -2.21. The lowest BCUT2D eigenvalue weighted by Gasteiger charge is -2.07. The van der Waals surface area contributed by atoms with Crippen molar-refractivity contribution in [1.82, 2.24) is 0 Å². The molecule has 1 N–H and O–H groups in total. The third-order valence-corrected chi connectivity index (χ3v) is 2.58. The van der Waals surface area contributed by atoms with Crippen LogP contribution in [-0.2, 0) is 16.1 Å². The lowest BCUT2D eigenvalue weighted by Crippen LogP contribution is -2.06. The average Bonchev–Trinajstić information content (AvgIpc) is 2.42. The first-order valence-corrected chi connectivity index (χ1v) is 6.29. The number of nitro benzene ring substituents is 1. The third kappa shape index (κ3) is 4.47. The van der Waals surface area contributed by atoms with Crippen LogP contribution in [-0.4, -0.2) is 22.6 Å². The second-order valence-electron chi connectivity index (χ2n) is 4.11. The van der Waals surface area contributed by atoms with Gasteiger partial charge in [0, 0.05) is 6.42 Å². The van der Waals surface area contributed by atoms with E-state index in [0.29, 0.717) is 17.5 Å². The van der Waals surface area contributed by atoms with Gasteiger partial charge in [-0.05, 0) is 24.6 Å². The van der Waals surface area contributed by atoms with Crippen molar-refractivity contribution in [2.75, 3.05) is 6.61 Å². The van der Waals surface area contributed by atoms with Gasteiger partial charge in [-0.1, -0.05) is 19.1 Å². The van der Waals surface area contributed by atoms with Crippen LogP contribution in [0.2, 0.25) is 0 Å². The number of benzene rings is 1. The number of nitrogens with zero attached hydrogens (tertiary/aromatic N) is 1. The van der Waals surface area contributed by atoms with Crippen molar-refractivity contribution < 1.29 is 19.6 Å². The maximum Gasteiger partial charge on any atom is 0.306 e. The minimum Gasteiger partial charge on any atom is -0.461 e. The van der Waals surface area contributed by atoms with Gasteiger partial charge in [0.25, 0.3) is 5.69 Å². The first kappa shape index (κ1) is 15.8. The maximum absolute atomic E-state index is 11.3. The van der Waals surface area contributed by atoms with E-state index >= 15 is 0 Å². The highest BCUT2D eigenvalue weighted by molar-refractivity contribution is 5.70. The molecule has 0 amide bonds. The van der Waals surface area contributed by atoms with Crippen LogP contribution in [0.4, 0.5) is 5.69 Å². The van der Waals surface area contributed by atoms with Gasteiger partial charge in [0.15, 0.2) is 0 Å². The molecule has 0 atom stereocenters. The van der Waals surface area contributed by atoms with Gasteiger partial charge in [-0.2, -0.15) is 0 Å². The molecule has 20 heavy (non-hydrogen) atoms. The van der Waals surface area contributed by atoms with Gasteiger partial charge in [-0.15, -0.1) is 0 Å². The molecule has 0 saturated carbocycles. The van der Waals surface area contributed by atoms with Crippen LogP contribution in [0.1, 0.15) is 30.9 Å². The van der Waals surface area contributed by atoms with E-state index in [-0.39, 0.29) is 31.3 Å². The lowest BCUT2D eigenvalue weighted by atomic mass is 10.1. The molecule has 6 nitrogen and oxygen atoms in total. The molecule has 0 saturated heterocycles. The maximum atomic E-state index is 11.3. The fraction of sp³-hybridized carbons (Fsp3) is 0.357. The van der Waals surface area contributed by atoms with Gasteiger partial charge in [0.05, 0.1) is 22.7 Å². The molecule has 0 aliphatic rings. The molecule has 1 rings (SSSR count). The second-order valence-corrected chi connectivity index (χ2v) is 4.11. The minimum atomic E-state index is -0.514. The zero-order chi connectivity index (χ0) is 15.0. The summed E-state index contributed by atoms with van der Waals surface area (Å²) >= 11 is 0.